The number of ether oxygens (including phenoxy) is 1. The van der Waals surface area contributed by atoms with E-state index < -0.39 is 23.5 Å². The molecule has 0 saturated heterocycles. The van der Waals surface area contributed by atoms with Crippen molar-refractivity contribution in [2.45, 2.75) is 37.3 Å². The van der Waals surface area contributed by atoms with Crippen LogP contribution < -0.4 is 10.6 Å². The second-order valence-corrected chi connectivity index (χ2v) is 9.05. The van der Waals surface area contributed by atoms with E-state index in [0.717, 1.165) is 11.1 Å². The van der Waals surface area contributed by atoms with E-state index in [2.05, 4.69) is 39.9 Å². The fraction of sp³-hybridized carbons (Fsp3) is 0.308. The van der Waals surface area contributed by atoms with Crippen LogP contribution in [0.25, 0.3) is 11.1 Å². The average molecular weight is 475 g/mol. The van der Waals surface area contributed by atoms with Crippen molar-refractivity contribution in [3.05, 3.63) is 77.9 Å². The fourth-order valence-electron chi connectivity index (χ4n) is 4.63. The van der Waals surface area contributed by atoms with Crippen molar-refractivity contribution < 1.29 is 24.2 Å². The van der Waals surface area contributed by atoms with E-state index >= 15 is 0 Å². The summed E-state index contributed by atoms with van der Waals surface area (Å²) < 4.78 is 7.22. The molecule has 0 radical (unpaired) electrons. The first-order chi connectivity index (χ1) is 16.9. The monoisotopic (exact) mass is 474 g/mol. The van der Waals surface area contributed by atoms with Crippen LogP contribution in [0.5, 0.6) is 0 Å². The van der Waals surface area contributed by atoms with Gasteiger partial charge in [-0.2, -0.15) is 0 Å². The van der Waals surface area contributed by atoms with Crippen molar-refractivity contribution >= 4 is 18.0 Å². The summed E-state index contributed by atoms with van der Waals surface area (Å²) in [5, 5.41) is 14.5. The topological polar surface area (TPSA) is 123 Å². The van der Waals surface area contributed by atoms with Gasteiger partial charge in [-0.25, -0.2) is 9.78 Å². The molecule has 2 aliphatic carbocycles. The Balaban J connectivity index is 1.09. The molecule has 5 rings (SSSR count). The van der Waals surface area contributed by atoms with Gasteiger partial charge in [0.2, 0.25) is 0 Å². The molecule has 1 aromatic heterocycles. The maximum Gasteiger partial charge on any atom is 0.407 e. The minimum Gasteiger partial charge on any atom is -0.481 e. The number of nitrogens with zero attached hydrogens (tertiary/aromatic N) is 2. The molecule has 2 aliphatic rings. The Morgan fingerprint density at radius 3 is 2.34 bits per heavy atom. The van der Waals surface area contributed by atoms with Crippen LogP contribution in [-0.4, -0.2) is 51.3 Å². The Kier molecular flexibility index (Phi) is 5.98. The van der Waals surface area contributed by atoms with Gasteiger partial charge in [-0.15, -0.1) is 0 Å². The van der Waals surface area contributed by atoms with Crippen molar-refractivity contribution in [2.75, 3.05) is 13.2 Å². The van der Waals surface area contributed by atoms with E-state index in [1.165, 1.54) is 17.5 Å². The number of carboxylic acids is 1. The van der Waals surface area contributed by atoms with Crippen molar-refractivity contribution in [3.63, 3.8) is 0 Å². The first-order valence-corrected chi connectivity index (χ1v) is 11.6. The number of rotatable bonds is 9. The summed E-state index contributed by atoms with van der Waals surface area (Å²) >= 11 is 0. The minimum absolute atomic E-state index is 0.00115. The molecule has 0 unspecified atom stereocenters. The zero-order valence-corrected chi connectivity index (χ0v) is 19.1. The van der Waals surface area contributed by atoms with E-state index in [9.17, 15) is 14.4 Å². The summed E-state index contributed by atoms with van der Waals surface area (Å²) in [6.45, 7) is 0.954. The van der Waals surface area contributed by atoms with Crippen LogP contribution in [0.1, 0.15) is 46.8 Å². The fourth-order valence-corrected chi connectivity index (χ4v) is 4.63. The Morgan fingerprint density at radius 2 is 1.71 bits per heavy atom. The van der Waals surface area contributed by atoms with Gasteiger partial charge in [0.05, 0.1) is 18.3 Å². The zero-order valence-electron chi connectivity index (χ0n) is 19.1. The second-order valence-electron chi connectivity index (χ2n) is 9.05. The van der Waals surface area contributed by atoms with Crippen molar-refractivity contribution in [1.29, 1.82) is 0 Å². The predicted octanol–water partition coefficient (Wildman–Crippen LogP) is 3.16. The Bertz CT molecular complexity index is 1230. The number of carboxylic acid groups (broad SMARTS) is 1. The van der Waals surface area contributed by atoms with Gasteiger partial charge in [0.1, 0.15) is 12.3 Å². The standard InChI is InChI=1S/C26H26N4O5/c31-23(32)13-26(9-10-26)29-24(33)22-14-30(16-28-22)12-11-27-25(34)35-15-21-19-7-3-1-5-17(19)18-6-2-4-8-20(18)21/h1-8,14,16,21H,9-13,15H2,(H,27,34)(H,29,33)(H,31,32). The van der Waals surface area contributed by atoms with E-state index in [4.69, 9.17) is 9.84 Å². The van der Waals surface area contributed by atoms with Crippen LogP contribution in [0.4, 0.5) is 4.79 Å². The molecule has 1 heterocycles. The first-order valence-electron chi connectivity index (χ1n) is 11.6. The third-order valence-electron chi connectivity index (χ3n) is 6.57. The predicted molar refractivity (Wildman–Crippen MR) is 127 cm³/mol. The van der Waals surface area contributed by atoms with Crippen LogP contribution in [0.3, 0.4) is 0 Å². The molecule has 3 N–H and O–H groups in total. The van der Waals surface area contributed by atoms with E-state index in [1.54, 1.807) is 10.8 Å². The number of hydrogen-bond acceptors (Lipinski definition) is 5. The van der Waals surface area contributed by atoms with Gasteiger partial charge in [0.15, 0.2) is 0 Å². The molecular weight excluding hydrogens is 448 g/mol. The van der Waals surface area contributed by atoms with Gasteiger partial charge in [-0.3, -0.25) is 9.59 Å². The van der Waals surface area contributed by atoms with Crippen molar-refractivity contribution in [1.82, 2.24) is 20.2 Å². The Labute approximate surface area is 202 Å². The number of carbonyl (C=O) groups excluding carboxylic acids is 2. The summed E-state index contributed by atoms with van der Waals surface area (Å²) in [5.74, 6) is -1.33. The molecule has 0 spiro atoms. The van der Waals surface area contributed by atoms with E-state index in [0.29, 0.717) is 25.9 Å². The van der Waals surface area contributed by atoms with Crippen molar-refractivity contribution in [2.24, 2.45) is 0 Å². The number of aromatic nitrogens is 2. The summed E-state index contributed by atoms with van der Waals surface area (Å²) in [6, 6.07) is 16.3. The third-order valence-corrected chi connectivity index (χ3v) is 6.57. The highest BCUT2D eigenvalue weighted by Gasteiger charge is 2.46. The molecule has 180 valence electrons. The SMILES string of the molecule is O=C(O)CC1(NC(=O)c2cn(CCNC(=O)OCC3c4ccccc4-c4ccccc43)cn2)CC1. The molecule has 9 nitrogen and oxygen atoms in total. The Hall–Kier alpha value is -4.14. The van der Waals surface area contributed by atoms with Gasteiger partial charge in [-0.05, 0) is 35.1 Å². The van der Waals surface area contributed by atoms with E-state index in [-0.39, 0.29) is 24.6 Å². The number of hydrogen-bond donors (Lipinski definition) is 3. The number of nitrogens with one attached hydrogen (secondary N) is 2. The Morgan fingerprint density at radius 1 is 1.06 bits per heavy atom. The van der Waals surface area contributed by atoms with Crippen LogP contribution in [0.15, 0.2) is 61.1 Å². The lowest BCUT2D eigenvalue weighted by atomic mass is 9.98. The summed E-state index contributed by atoms with van der Waals surface area (Å²) in [7, 11) is 0. The number of amides is 2. The molecule has 2 aromatic carbocycles. The highest BCUT2D eigenvalue weighted by molar-refractivity contribution is 5.93. The third kappa shape index (κ3) is 4.89. The average Bonchev–Trinajstić information content (AvgIpc) is 3.28. The molecule has 9 heteroatoms. The number of fused-ring (bicyclic) bond motifs is 3. The maximum atomic E-state index is 12.4. The normalized spacial score (nSPS) is 15.1. The number of imidazole rings is 1. The number of carbonyl (C=O) groups is 3. The molecule has 0 atom stereocenters. The van der Waals surface area contributed by atoms with Crippen LogP contribution in [0, 0.1) is 0 Å². The van der Waals surface area contributed by atoms with Crippen LogP contribution >= 0.6 is 0 Å². The molecule has 0 aliphatic heterocycles. The maximum absolute atomic E-state index is 12.4. The summed E-state index contributed by atoms with van der Waals surface area (Å²) in [4.78, 5) is 39.8. The molecule has 0 bridgehead atoms. The van der Waals surface area contributed by atoms with Gasteiger partial charge in [-0.1, -0.05) is 48.5 Å². The molecule has 1 saturated carbocycles. The van der Waals surface area contributed by atoms with Crippen LogP contribution in [-0.2, 0) is 16.1 Å². The quantitative estimate of drug-likeness (QED) is 0.438. The first kappa shape index (κ1) is 22.6. The minimum atomic E-state index is -0.937. The van der Waals surface area contributed by atoms with Crippen LogP contribution in [0.2, 0.25) is 0 Å². The molecular formula is C26H26N4O5. The summed E-state index contributed by atoms with van der Waals surface area (Å²) in [5.41, 5.74) is 4.21. The van der Waals surface area contributed by atoms with Gasteiger partial charge < -0.3 is 25.0 Å². The highest BCUT2D eigenvalue weighted by atomic mass is 16.5. The van der Waals surface area contributed by atoms with Gasteiger partial charge in [0.25, 0.3) is 5.91 Å². The zero-order chi connectivity index (χ0) is 24.4. The lowest BCUT2D eigenvalue weighted by Gasteiger charge is -2.14. The van der Waals surface area contributed by atoms with E-state index in [1.807, 2.05) is 24.3 Å². The highest BCUT2D eigenvalue weighted by Crippen LogP contribution is 2.44. The molecule has 1 fully saturated rings. The molecule has 2 amide bonds. The largest absolute Gasteiger partial charge is 0.481 e. The lowest BCUT2D eigenvalue weighted by Crippen LogP contribution is -2.38. The number of aliphatic carboxylic acids is 1. The number of benzene rings is 2. The lowest BCUT2D eigenvalue weighted by molar-refractivity contribution is -0.137. The number of alkyl carbamates (subject to hydrolysis) is 1. The molecule has 35 heavy (non-hydrogen) atoms. The smallest absolute Gasteiger partial charge is 0.407 e. The van der Waals surface area contributed by atoms with Gasteiger partial charge in [0, 0.05) is 25.2 Å². The second kappa shape index (κ2) is 9.25. The molecule has 3 aromatic rings. The summed E-state index contributed by atoms with van der Waals surface area (Å²) in [6.07, 6.45) is 3.78. The van der Waals surface area contributed by atoms with Gasteiger partial charge >= 0.3 is 12.1 Å². The van der Waals surface area contributed by atoms with Crippen molar-refractivity contribution in [3.8, 4) is 11.1 Å².